The van der Waals surface area contributed by atoms with E-state index in [0.717, 1.165) is 22.2 Å². The lowest BCUT2D eigenvalue weighted by atomic mass is 10.3. The Morgan fingerprint density at radius 3 is 3.06 bits per heavy atom. The molecule has 0 spiro atoms. The molecule has 4 aromatic rings. The van der Waals surface area contributed by atoms with E-state index in [2.05, 4.69) is 15.2 Å². The Bertz CT molecular complexity index is 745. The van der Waals surface area contributed by atoms with Crippen LogP contribution in [0.3, 0.4) is 0 Å². The SMILES string of the molecule is c1cnc2c(c1)n[n+]1[n-]c3ccccc3n21. The van der Waals surface area contributed by atoms with Crippen molar-refractivity contribution in [3.05, 3.63) is 42.6 Å². The molecule has 76 valence electrons. The third-order valence-electron chi connectivity index (χ3n) is 2.65. The molecule has 3 aromatic heterocycles. The van der Waals surface area contributed by atoms with Crippen LogP contribution in [0.15, 0.2) is 42.6 Å². The van der Waals surface area contributed by atoms with Gasteiger partial charge in [0.1, 0.15) is 0 Å². The van der Waals surface area contributed by atoms with Crippen LogP contribution in [0.5, 0.6) is 0 Å². The maximum Gasteiger partial charge on any atom is 0.153 e. The zero-order valence-electron chi connectivity index (χ0n) is 8.28. The number of hydrogen-bond donors (Lipinski definition) is 0. The largest absolute Gasteiger partial charge is 0.248 e. The second kappa shape index (κ2) is 2.57. The molecule has 0 aliphatic carbocycles. The van der Waals surface area contributed by atoms with Crippen molar-refractivity contribution in [3.63, 3.8) is 0 Å². The Kier molecular flexibility index (Phi) is 1.26. The van der Waals surface area contributed by atoms with Gasteiger partial charge in [-0.1, -0.05) is 22.3 Å². The van der Waals surface area contributed by atoms with Crippen molar-refractivity contribution >= 4 is 22.2 Å². The molecule has 16 heavy (non-hydrogen) atoms. The molecule has 0 saturated carbocycles. The van der Waals surface area contributed by atoms with Gasteiger partial charge in [-0.05, 0) is 29.0 Å². The fourth-order valence-corrected chi connectivity index (χ4v) is 1.96. The lowest BCUT2D eigenvalue weighted by Crippen LogP contribution is -2.32. The summed E-state index contributed by atoms with van der Waals surface area (Å²) in [6.07, 6.45) is 1.76. The Balaban J connectivity index is 2.38. The van der Waals surface area contributed by atoms with Crippen molar-refractivity contribution in [2.75, 3.05) is 0 Å². The molecule has 0 amide bonds. The van der Waals surface area contributed by atoms with Crippen LogP contribution < -0.4 is 9.84 Å². The molecule has 5 nitrogen and oxygen atoms in total. The van der Waals surface area contributed by atoms with Gasteiger partial charge < -0.3 is 0 Å². The summed E-state index contributed by atoms with van der Waals surface area (Å²) in [7, 11) is 0. The quantitative estimate of drug-likeness (QED) is 0.398. The van der Waals surface area contributed by atoms with Gasteiger partial charge in [-0.15, -0.1) is 4.52 Å². The monoisotopic (exact) mass is 209 g/mol. The van der Waals surface area contributed by atoms with Crippen molar-refractivity contribution in [1.82, 2.24) is 19.7 Å². The summed E-state index contributed by atoms with van der Waals surface area (Å²) in [4.78, 5) is 4.33. The molecule has 5 heteroatoms. The number of aromatic nitrogens is 5. The van der Waals surface area contributed by atoms with Crippen LogP contribution in [0.4, 0.5) is 0 Å². The van der Waals surface area contributed by atoms with Crippen molar-refractivity contribution in [2.24, 2.45) is 0 Å². The minimum atomic E-state index is 0.830. The molecule has 0 fully saturated rings. The minimum absolute atomic E-state index is 0.830. The van der Waals surface area contributed by atoms with E-state index in [0.29, 0.717) is 0 Å². The Hall–Kier alpha value is -2.43. The standard InChI is InChI=1S/C11H7N5/c1-2-6-10-8(4-1)13-16-14-9-5-3-7-12-11(9)15(10)16/h1-7H. The van der Waals surface area contributed by atoms with E-state index in [1.54, 1.807) is 10.9 Å². The van der Waals surface area contributed by atoms with Crippen molar-refractivity contribution in [1.29, 1.82) is 0 Å². The third kappa shape index (κ3) is 0.826. The molecule has 3 heterocycles. The topological polar surface area (TPSA) is 48.4 Å². The van der Waals surface area contributed by atoms with E-state index in [4.69, 9.17) is 0 Å². The molecule has 0 aliphatic rings. The number of nitrogens with zero attached hydrogens (tertiary/aromatic N) is 5. The molecule has 0 saturated heterocycles. The maximum atomic E-state index is 4.38. The predicted octanol–water partition coefficient (Wildman–Crippen LogP) is 0.578. The number of rotatable bonds is 0. The van der Waals surface area contributed by atoms with Gasteiger partial charge in [-0.2, -0.15) is 0 Å². The minimum Gasteiger partial charge on any atom is -0.248 e. The number of pyridine rings is 1. The average molecular weight is 209 g/mol. The van der Waals surface area contributed by atoms with Crippen molar-refractivity contribution in [3.8, 4) is 0 Å². The van der Waals surface area contributed by atoms with Gasteiger partial charge in [0.15, 0.2) is 5.65 Å². The zero-order chi connectivity index (χ0) is 10.5. The van der Waals surface area contributed by atoms with E-state index in [1.807, 2.05) is 40.9 Å². The lowest BCUT2D eigenvalue weighted by molar-refractivity contribution is -0.727. The second-order valence-electron chi connectivity index (χ2n) is 3.61. The normalized spacial score (nSPS) is 11.8. The van der Waals surface area contributed by atoms with Gasteiger partial charge in [0, 0.05) is 6.20 Å². The Morgan fingerprint density at radius 1 is 1.12 bits per heavy atom. The van der Waals surface area contributed by atoms with Crippen LogP contribution in [0, 0.1) is 0 Å². The number of benzene rings is 1. The molecule has 4 rings (SSSR count). The Labute approximate surface area is 89.9 Å². The van der Waals surface area contributed by atoms with Crippen LogP contribution in [-0.4, -0.2) is 14.6 Å². The Morgan fingerprint density at radius 2 is 2.06 bits per heavy atom. The number of fused-ring (bicyclic) bond motifs is 5. The molecule has 0 bridgehead atoms. The highest BCUT2D eigenvalue weighted by Crippen LogP contribution is 2.12. The van der Waals surface area contributed by atoms with Crippen LogP contribution in [-0.2, 0) is 0 Å². The molecular formula is C11H7N5. The molecule has 0 N–H and O–H groups in total. The molecule has 0 atom stereocenters. The summed E-state index contributed by atoms with van der Waals surface area (Å²) in [6, 6.07) is 11.7. The van der Waals surface area contributed by atoms with E-state index < -0.39 is 0 Å². The smallest absolute Gasteiger partial charge is 0.153 e. The lowest BCUT2D eigenvalue weighted by Gasteiger charge is -1.90. The third-order valence-corrected chi connectivity index (χ3v) is 2.65. The second-order valence-corrected chi connectivity index (χ2v) is 3.61. The van der Waals surface area contributed by atoms with E-state index in [-0.39, 0.29) is 0 Å². The number of hydrogen-bond acceptors (Lipinski definition) is 2. The van der Waals surface area contributed by atoms with Crippen molar-refractivity contribution in [2.45, 2.75) is 0 Å². The first kappa shape index (κ1) is 7.81. The van der Waals surface area contributed by atoms with E-state index in [9.17, 15) is 0 Å². The maximum absolute atomic E-state index is 4.38. The summed E-state index contributed by atoms with van der Waals surface area (Å²) in [5.74, 6) is 0. The molecule has 0 unspecified atom stereocenters. The highest BCUT2D eigenvalue weighted by molar-refractivity contribution is 5.78. The first-order valence-electron chi connectivity index (χ1n) is 5.01. The van der Waals surface area contributed by atoms with E-state index >= 15 is 0 Å². The van der Waals surface area contributed by atoms with E-state index in [1.165, 1.54) is 0 Å². The average Bonchev–Trinajstić information content (AvgIpc) is 2.83. The molecule has 0 aliphatic heterocycles. The summed E-state index contributed by atoms with van der Waals surface area (Å²) in [6.45, 7) is 0. The predicted molar refractivity (Wildman–Crippen MR) is 57.0 cm³/mol. The van der Waals surface area contributed by atoms with Gasteiger partial charge >= 0.3 is 0 Å². The molecule has 0 radical (unpaired) electrons. The first-order chi connectivity index (χ1) is 7.93. The van der Waals surface area contributed by atoms with Gasteiger partial charge in [-0.3, -0.25) is 0 Å². The highest BCUT2D eigenvalue weighted by Gasteiger charge is 2.10. The summed E-state index contributed by atoms with van der Waals surface area (Å²) < 4.78 is 3.49. The molecular weight excluding hydrogens is 202 g/mol. The van der Waals surface area contributed by atoms with Crippen LogP contribution in [0.25, 0.3) is 22.2 Å². The first-order valence-corrected chi connectivity index (χ1v) is 5.01. The van der Waals surface area contributed by atoms with Gasteiger partial charge in [-0.25, -0.2) is 4.98 Å². The van der Waals surface area contributed by atoms with Crippen LogP contribution in [0.2, 0.25) is 0 Å². The summed E-state index contributed by atoms with van der Waals surface area (Å²) in [5.41, 5.74) is 3.61. The fraction of sp³-hybridized carbons (Fsp3) is 0. The van der Waals surface area contributed by atoms with Gasteiger partial charge in [0.05, 0.1) is 16.6 Å². The zero-order valence-corrected chi connectivity index (χ0v) is 8.28. The summed E-state index contributed by atoms with van der Waals surface area (Å²) in [5, 5.41) is 8.74. The fourth-order valence-electron chi connectivity index (χ4n) is 1.96. The summed E-state index contributed by atoms with van der Waals surface area (Å²) >= 11 is 0. The highest BCUT2D eigenvalue weighted by atomic mass is 15.6. The van der Waals surface area contributed by atoms with Crippen molar-refractivity contribution < 1.29 is 4.74 Å². The van der Waals surface area contributed by atoms with Crippen LogP contribution >= 0.6 is 0 Å². The van der Waals surface area contributed by atoms with Gasteiger partial charge in [0.2, 0.25) is 0 Å². The van der Waals surface area contributed by atoms with Crippen LogP contribution in [0.1, 0.15) is 0 Å². The number of para-hydroxylation sites is 1. The molecule has 1 aromatic carbocycles. The van der Waals surface area contributed by atoms with Gasteiger partial charge in [0.25, 0.3) is 0 Å².